The Bertz CT molecular complexity index is 533. The number of H-pyrrole nitrogens is 1. The maximum Gasteiger partial charge on any atom is 0.293 e. The highest BCUT2D eigenvalue weighted by atomic mass is 16.2. The lowest BCUT2D eigenvalue weighted by Crippen LogP contribution is -2.49. The van der Waals surface area contributed by atoms with Crippen LogP contribution in [0, 0.1) is 0 Å². The molecule has 8 heteroatoms. The maximum atomic E-state index is 12.2. The summed E-state index contributed by atoms with van der Waals surface area (Å²) in [5, 5.41) is 9.96. The Morgan fingerprint density at radius 3 is 2.71 bits per heavy atom. The van der Waals surface area contributed by atoms with E-state index >= 15 is 0 Å². The topological polar surface area (TPSA) is 94.2 Å². The molecule has 2 amide bonds. The lowest BCUT2D eigenvalue weighted by Gasteiger charge is -2.29. The van der Waals surface area contributed by atoms with Gasteiger partial charge in [0.25, 0.3) is 5.91 Å². The Morgan fingerprint density at radius 2 is 2.05 bits per heavy atom. The van der Waals surface area contributed by atoms with Crippen LogP contribution in [0.1, 0.15) is 35.2 Å². The summed E-state index contributed by atoms with van der Waals surface area (Å²) in [6.45, 7) is 3.04. The molecule has 114 valence electrons. The van der Waals surface area contributed by atoms with E-state index in [9.17, 15) is 9.59 Å². The number of piperazine rings is 1. The Hall–Kier alpha value is -1.96. The molecule has 2 heterocycles. The van der Waals surface area contributed by atoms with Gasteiger partial charge >= 0.3 is 0 Å². The van der Waals surface area contributed by atoms with Gasteiger partial charge in [0, 0.05) is 39.1 Å². The molecular weight excluding hydrogens is 272 g/mol. The van der Waals surface area contributed by atoms with Gasteiger partial charge < -0.3 is 15.1 Å². The van der Waals surface area contributed by atoms with Crippen LogP contribution in [0.15, 0.2) is 0 Å². The lowest BCUT2D eigenvalue weighted by atomic mass is 10.3. The number of hydrogen-bond donors (Lipinski definition) is 2. The highest BCUT2D eigenvalue weighted by Gasteiger charge is 2.29. The molecule has 0 radical (unpaired) electrons. The molecule has 0 bridgehead atoms. The van der Waals surface area contributed by atoms with E-state index in [0.29, 0.717) is 19.0 Å². The molecule has 1 saturated heterocycles. The number of carbonyl (C=O) groups is 2. The third-order valence-electron chi connectivity index (χ3n) is 3.85. The van der Waals surface area contributed by atoms with Gasteiger partial charge in [0.1, 0.15) is 5.82 Å². The van der Waals surface area contributed by atoms with Gasteiger partial charge in [-0.15, -0.1) is 5.10 Å². The van der Waals surface area contributed by atoms with Crippen molar-refractivity contribution >= 4 is 11.8 Å². The summed E-state index contributed by atoms with van der Waals surface area (Å²) in [4.78, 5) is 31.7. The minimum Gasteiger partial charge on any atom is -0.339 e. The fraction of sp³-hybridized carbons (Fsp3) is 0.692. The molecule has 1 aliphatic heterocycles. The van der Waals surface area contributed by atoms with Gasteiger partial charge in [-0.2, -0.15) is 0 Å². The first-order valence-electron chi connectivity index (χ1n) is 7.31. The van der Waals surface area contributed by atoms with E-state index in [1.165, 1.54) is 4.90 Å². The van der Waals surface area contributed by atoms with Crippen LogP contribution < -0.4 is 5.32 Å². The normalized spacial score (nSPS) is 18.6. The first kappa shape index (κ1) is 14.0. The van der Waals surface area contributed by atoms with E-state index in [4.69, 9.17) is 0 Å². The Kier molecular flexibility index (Phi) is 3.87. The number of hydrogen-bond acceptors (Lipinski definition) is 5. The summed E-state index contributed by atoms with van der Waals surface area (Å²) in [5.41, 5.74) is 0. The number of aromatic nitrogens is 3. The average molecular weight is 292 g/mol. The molecule has 0 aromatic carbocycles. The van der Waals surface area contributed by atoms with Gasteiger partial charge in [0.15, 0.2) is 0 Å². The Labute approximate surface area is 122 Å². The van der Waals surface area contributed by atoms with Crippen LogP contribution in [0.5, 0.6) is 0 Å². The highest BCUT2D eigenvalue weighted by Crippen LogP contribution is 2.37. The van der Waals surface area contributed by atoms with Crippen LogP contribution in [0.4, 0.5) is 0 Å². The maximum absolute atomic E-state index is 12.2. The van der Waals surface area contributed by atoms with Crippen molar-refractivity contribution in [2.24, 2.45) is 0 Å². The molecule has 0 spiro atoms. The van der Waals surface area contributed by atoms with Gasteiger partial charge in [-0.05, 0) is 12.8 Å². The van der Waals surface area contributed by atoms with Crippen LogP contribution in [-0.4, -0.2) is 76.6 Å². The molecule has 8 nitrogen and oxygen atoms in total. The summed E-state index contributed by atoms with van der Waals surface area (Å²) in [7, 11) is 1.61. The summed E-state index contributed by atoms with van der Waals surface area (Å²) < 4.78 is 0. The van der Waals surface area contributed by atoms with Crippen LogP contribution in [-0.2, 0) is 4.79 Å². The molecule has 1 aliphatic carbocycles. The van der Waals surface area contributed by atoms with E-state index in [2.05, 4.69) is 20.5 Å². The molecule has 0 atom stereocenters. The molecule has 1 aromatic rings. The average Bonchev–Trinajstić information content (AvgIpc) is 3.25. The standard InChI is InChI=1S/C13H20N6O2/c1-18(8-10(20)19-6-4-14-5-7-19)13(21)12-15-11(16-17-12)9-2-3-9/h9,14H,2-8H2,1H3,(H,15,16,17). The highest BCUT2D eigenvalue weighted by molar-refractivity contribution is 5.93. The smallest absolute Gasteiger partial charge is 0.293 e. The van der Waals surface area contributed by atoms with Crippen molar-refractivity contribution in [3.8, 4) is 0 Å². The number of rotatable bonds is 4. The van der Waals surface area contributed by atoms with Gasteiger partial charge in [-0.25, -0.2) is 4.98 Å². The SMILES string of the molecule is CN(CC(=O)N1CCNCC1)C(=O)c1n[nH]c(C2CC2)n1. The Morgan fingerprint density at radius 1 is 1.33 bits per heavy atom. The predicted octanol–water partition coefficient (Wildman–Crippen LogP) is -0.814. The number of nitrogens with zero attached hydrogens (tertiary/aromatic N) is 4. The molecular formula is C13H20N6O2. The zero-order chi connectivity index (χ0) is 14.8. The first-order chi connectivity index (χ1) is 10.1. The zero-order valence-electron chi connectivity index (χ0n) is 12.1. The van der Waals surface area contributed by atoms with Gasteiger partial charge in [0.05, 0.1) is 6.54 Å². The van der Waals surface area contributed by atoms with Crippen LogP contribution >= 0.6 is 0 Å². The van der Waals surface area contributed by atoms with Crippen molar-refractivity contribution in [2.75, 3.05) is 39.8 Å². The summed E-state index contributed by atoms with van der Waals surface area (Å²) in [6.07, 6.45) is 2.19. The number of nitrogens with one attached hydrogen (secondary N) is 2. The number of aromatic amines is 1. The van der Waals surface area contributed by atoms with Gasteiger partial charge in [-0.1, -0.05) is 0 Å². The zero-order valence-corrected chi connectivity index (χ0v) is 12.1. The predicted molar refractivity (Wildman–Crippen MR) is 74.8 cm³/mol. The van der Waals surface area contributed by atoms with Crippen LogP contribution in [0.3, 0.4) is 0 Å². The second-order valence-corrected chi connectivity index (χ2v) is 5.61. The molecule has 3 rings (SSSR count). The van der Waals surface area contributed by atoms with E-state index in [0.717, 1.165) is 31.8 Å². The minimum absolute atomic E-state index is 0.0368. The third kappa shape index (κ3) is 3.21. The third-order valence-corrected chi connectivity index (χ3v) is 3.85. The molecule has 0 unspecified atom stereocenters. The monoisotopic (exact) mass is 292 g/mol. The largest absolute Gasteiger partial charge is 0.339 e. The van der Waals surface area contributed by atoms with Crippen molar-refractivity contribution in [1.29, 1.82) is 0 Å². The second-order valence-electron chi connectivity index (χ2n) is 5.61. The molecule has 2 fully saturated rings. The molecule has 2 N–H and O–H groups in total. The number of carbonyl (C=O) groups excluding carboxylic acids is 2. The van der Waals surface area contributed by atoms with E-state index in [1.54, 1.807) is 11.9 Å². The molecule has 1 aromatic heterocycles. The Balaban J connectivity index is 1.56. The lowest BCUT2D eigenvalue weighted by molar-refractivity contribution is -0.132. The van der Waals surface area contributed by atoms with E-state index in [-0.39, 0.29) is 24.2 Å². The van der Waals surface area contributed by atoms with Gasteiger partial charge in [0.2, 0.25) is 11.7 Å². The van der Waals surface area contributed by atoms with E-state index in [1.807, 2.05) is 0 Å². The number of likely N-dealkylation sites (N-methyl/N-ethyl adjacent to an activating group) is 1. The van der Waals surface area contributed by atoms with Gasteiger partial charge in [-0.3, -0.25) is 14.7 Å². The van der Waals surface area contributed by atoms with Crippen molar-refractivity contribution in [2.45, 2.75) is 18.8 Å². The summed E-state index contributed by atoms with van der Waals surface area (Å²) >= 11 is 0. The second kappa shape index (κ2) is 5.80. The van der Waals surface area contributed by atoms with Crippen LogP contribution in [0.25, 0.3) is 0 Å². The summed E-state index contributed by atoms with van der Waals surface area (Å²) in [6, 6.07) is 0. The molecule has 21 heavy (non-hydrogen) atoms. The fourth-order valence-corrected chi connectivity index (χ4v) is 2.37. The summed E-state index contributed by atoms with van der Waals surface area (Å²) in [5.74, 6) is 0.992. The quantitative estimate of drug-likeness (QED) is 0.756. The molecule has 1 saturated carbocycles. The van der Waals surface area contributed by atoms with E-state index < -0.39 is 0 Å². The van der Waals surface area contributed by atoms with Crippen LogP contribution in [0.2, 0.25) is 0 Å². The molecule has 2 aliphatic rings. The number of amides is 2. The minimum atomic E-state index is -0.318. The van der Waals surface area contributed by atoms with Crippen molar-refractivity contribution in [3.05, 3.63) is 11.6 Å². The van der Waals surface area contributed by atoms with Crippen molar-refractivity contribution in [1.82, 2.24) is 30.3 Å². The van der Waals surface area contributed by atoms with Crippen molar-refractivity contribution < 1.29 is 9.59 Å². The fourth-order valence-electron chi connectivity index (χ4n) is 2.37. The van der Waals surface area contributed by atoms with Crippen molar-refractivity contribution in [3.63, 3.8) is 0 Å². The first-order valence-corrected chi connectivity index (χ1v) is 7.31.